The Bertz CT molecular complexity index is 924. The number of ether oxygens (including phenoxy) is 2. The van der Waals surface area contributed by atoms with Gasteiger partial charge >= 0.3 is 0 Å². The number of carbonyl (C=O) groups is 1. The van der Waals surface area contributed by atoms with Crippen molar-refractivity contribution in [2.75, 3.05) is 12.1 Å². The van der Waals surface area contributed by atoms with Crippen LogP contribution in [0.4, 0.5) is 9.52 Å². The smallest absolute Gasteiger partial charge is 0.257 e. The van der Waals surface area contributed by atoms with Gasteiger partial charge in [0.05, 0.1) is 0 Å². The van der Waals surface area contributed by atoms with Crippen LogP contribution in [0.5, 0.6) is 11.5 Å². The van der Waals surface area contributed by atoms with Gasteiger partial charge < -0.3 is 9.47 Å². The second-order valence-corrected chi connectivity index (χ2v) is 6.57. The predicted octanol–water partition coefficient (Wildman–Crippen LogP) is 3.85. The lowest BCUT2D eigenvalue weighted by molar-refractivity contribution is 0.102. The van der Waals surface area contributed by atoms with Crippen molar-refractivity contribution >= 4 is 22.4 Å². The molecule has 126 valence electrons. The standard InChI is InChI=1S/C18H13FN2O3S/c19-13-4-1-11(2-5-13)7-14-9-20-18(25-14)21-17(22)12-3-6-15-16(8-12)24-10-23-15/h1-6,8-9H,7,10H2,(H,20,21,22). The minimum Gasteiger partial charge on any atom is -0.454 e. The van der Waals surface area contributed by atoms with E-state index in [1.54, 1.807) is 36.5 Å². The topological polar surface area (TPSA) is 60.5 Å². The summed E-state index contributed by atoms with van der Waals surface area (Å²) in [7, 11) is 0. The molecule has 1 aromatic heterocycles. The van der Waals surface area contributed by atoms with Crippen molar-refractivity contribution in [3.05, 3.63) is 70.5 Å². The summed E-state index contributed by atoms with van der Waals surface area (Å²) in [4.78, 5) is 17.5. The molecule has 0 fully saturated rings. The number of carbonyl (C=O) groups excluding carboxylic acids is 1. The molecule has 4 rings (SSSR count). The minimum atomic E-state index is -0.263. The van der Waals surface area contributed by atoms with Crippen LogP contribution in [0, 0.1) is 5.82 Å². The lowest BCUT2D eigenvalue weighted by Crippen LogP contribution is -2.11. The molecule has 5 nitrogen and oxygen atoms in total. The maximum Gasteiger partial charge on any atom is 0.257 e. The second-order valence-electron chi connectivity index (χ2n) is 5.46. The first-order valence-electron chi connectivity index (χ1n) is 7.57. The maximum absolute atomic E-state index is 12.9. The number of hydrogen-bond donors (Lipinski definition) is 1. The van der Waals surface area contributed by atoms with Crippen LogP contribution >= 0.6 is 11.3 Å². The fraction of sp³-hybridized carbons (Fsp3) is 0.111. The van der Waals surface area contributed by atoms with Crippen LogP contribution in [0.3, 0.4) is 0 Å². The van der Waals surface area contributed by atoms with Crippen molar-refractivity contribution in [3.63, 3.8) is 0 Å². The summed E-state index contributed by atoms with van der Waals surface area (Å²) in [5.41, 5.74) is 1.46. The summed E-state index contributed by atoms with van der Waals surface area (Å²) >= 11 is 1.39. The number of amides is 1. The summed E-state index contributed by atoms with van der Waals surface area (Å²) in [6.07, 6.45) is 2.35. The molecule has 2 heterocycles. The molecule has 0 aliphatic carbocycles. The third kappa shape index (κ3) is 3.46. The first kappa shape index (κ1) is 15.6. The van der Waals surface area contributed by atoms with E-state index >= 15 is 0 Å². The van der Waals surface area contributed by atoms with Crippen LogP contribution < -0.4 is 14.8 Å². The van der Waals surface area contributed by atoms with Crippen molar-refractivity contribution in [1.29, 1.82) is 0 Å². The molecule has 2 aromatic carbocycles. The number of rotatable bonds is 4. The molecule has 1 aliphatic rings. The molecule has 0 saturated heterocycles. The van der Waals surface area contributed by atoms with Crippen LogP contribution in [0.15, 0.2) is 48.7 Å². The molecule has 3 aromatic rings. The van der Waals surface area contributed by atoms with Crippen molar-refractivity contribution < 1.29 is 18.7 Å². The summed E-state index contributed by atoms with van der Waals surface area (Å²) in [6, 6.07) is 11.4. The van der Waals surface area contributed by atoms with Gasteiger partial charge in [0.2, 0.25) is 6.79 Å². The van der Waals surface area contributed by atoms with Crippen molar-refractivity contribution in [3.8, 4) is 11.5 Å². The predicted molar refractivity (Wildman–Crippen MR) is 91.8 cm³/mol. The van der Waals surface area contributed by atoms with Gasteiger partial charge in [-0.2, -0.15) is 0 Å². The fourth-order valence-corrected chi connectivity index (χ4v) is 3.30. The van der Waals surface area contributed by atoms with Crippen molar-refractivity contribution in [1.82, 2.24) is 4.98 Å². The van der Waals surface area contributed by atoms with Gasteiger partial charge in [-0.3, -0.25) is 10.1 Å². The third-order valence-corrected chi connectivity index (χ3v) is 4.61. The zero-order valence-electron chi connectivity index (χ0n) is 13.0. The zero-order valence-corrected chi connectivity index (χ0v) is 13.8. The average molecular weight is 356 g/mol. The molecule has 0 bridgehead atoms. The molecule has 1 N–H and O–H groups in total. The lowest BCUT2D eigenvalue weighted by atomic mass is 10.1. The second kappa shape index (κ2) is 6.52. The van der Waals surface area contributed by atoms with Crippen molar-refractivity contribution in [2.45, 2.75) is 6.42 Å². The molecule has 7 heteroatoms. The Morgan fingerprint density at radius 3 is 2.80 bits per heavy atom. The maximum atomic E-state index is 12.9. The fourth-order valence-electron chi connectivity index (χ4n) is 2.46. The molecule has 0 spiro atoms. The number of anilines is 1. The summed E-state index contributed by atoms with van der Waals surface area (Å²) in [5.74, 6) is 0.668. The van der Waals surface area contributed by atoms with Gasteiger partial charge in [-0.05, 0) is 35.9 Å². The largest absolute Gasteiger partial charge is 0.454 e. The zero-order chi connectivity index (χ0) is 17.2. The van der Waals surface area contributed by atoms with Crippen molar-refractivity contribution in [2.24, 2.45) is 0 Å². The first-order valence-corrected chi connectivity index (χ1v) is 8.39. The van der Waals surface area contributed by atoms with E-state index in [-0.39, 0.29) is 18.5 Å². The molecule has 0 radical (unpaired) electrons. The molecular weight excluding hydrogens is 343 g/mol. The Balaban J connectivity index is 1.43. The highest BCUT2D eigenvalue weighted by atomic mass is 32.1. The molecule has 25 heavy (non-hydrogen) atoms. The molecule has 0 unspecified atom stereocenters. The Morgan fingerprint density at radius 2 is 1.96 bits per heavy atom. The summed E-state index contributed by atoms with van der Waals surface area (Å²) in [6.45, 7) is 0.166. The molecule has 1 amide bonds. The molecule has 0 saturated carbocycles. The third-order valence-electron chi connectivity index (χ3n) is 3.70. The molecule has 1 aliphatic heterocycles. The van der Waals surface area contributed by atoms with Crippen LogP contribution in [0.1, 0.15) is 20.8 Å². The number of thiazole rings is 1. The highest BCUT2D eigenvalue weighted by molar-refractivity contribution is 7.15. The van der Waals surface area contributed by atoms with Gasteiger partial charge in [-0.1, -0.05) is 12.1 Å². The SMILES string of the molecule is O=C(Nc1ncc(Cc2ccc(F)cc2)s1)c1ccc2c(c1)OCO2. The number of nitrogens with one attached hydrogen (secondary N) is 1. The van der Waals surface area contributed by atoms with E-state index in [1.165, 1.54) is 23.5 Å². The number of nitrogens with zero attached hydrogens (tertiary/aromatic N) is 1. The number of fused-ring (bicyclic) bond motifs is 1. The van der Waals surface area contributed by atoms with Gasteiger partial charge in [0.25, 0.3) is 5.91 Å². The first-order chi connectivity index (χ1) is 12.2. The number of aromatic nitrogens is 1. The highest BCUT2D eigenvalue weighted by Crippen LogP contribution is 2.32. The Labute approximate surface area is 147 Å². The average Bonchev–Trinajstić information content (AvgIpc) is 3.25. The Hall–Kier alpha value is -2.93. The lowest BCUT2D eigenvalue weighted by Gasteiger charge is -2.03. The highest BCUT2D eigenvalue weighted by Gasteiger charge is 2.17. The number of halogens is 1. The van der Waals surface area contributed by atoms with Gasteiger partial charge in [0.1, 0.15) is 5.82 Å². The van der Waals surface area contributed by atoms with E-state index in [9.17, 15) is 9.18 Å². The van der Waals surface area contributed by atoms with Crippen LogP contribution in [-0.2, 0) is 6.42 Å². The van der Waals surface area contributed by atoms with E-state index in [0.29, 0.717) is 28.6 Å². The van der Waals surface area contributed by atoms with Crippen LogP contribution in [0.25, 0.3) is 0 Å². The minimum absolute atomic E-state index is 0.166. The normalized spacial score (nSPS) is 12.2. The van der Waals surface area contributed by atoms with E-state index in [2.05, 4.69) is 10.3 Å². The number of benzene rings is 2. The van der Waals surface area contributed by atoms with Gasteiger partial charge in [-0.15, -0.1) is 11.3 Å². The van der Waals surface area contributed by atoms with E-state index in [1.807, 2.05) is 0 Å². The van der Waals surface area contributed by atoms with Gasteiger partial charge in [-0.25, -0.2) is 9.37 Å². The molecular formula is C18H13FN2O3S. The quantitative estimate of drug-likeness (QED) is 0.771. The van der Waals surface area contributed by atoms with Crippen LogP contribution in [0.2, 0.25) is 0 Å². The summed E-state index contributed by atoms with van der Waals surface area (Å²) in [5, 5.41) is 3.29. The Kier molecular flexibility index (Phi) is 4.07. The monoisotopic (exact) mass is 356 g/mol. The van der Waals surface area contributed by atoms with Crippen LogP contribution in [-0.4, -0.2) is 17.7 Å². The number of hydrogen-bond acceptors (Lipinski definition) is 5. The Morgan fingerprint density at radius 1 is 1.16 bits per heavy atom. The van der Waals surface area contributed by atoms with Gasteiger partial charge in [0, 0.05) is 23.1 Å². The van der Waals surface area contributed by atoms with E-state index in [0.717, 1.165) is 10.4 Å². The van der Waals surface area contributed by atoms with Gasteiger partial charge in [0.15, 0.2) is 16.6 Å². The summed E-state index contributed by atoms with van der Waals surface area (Å²) < 4.78 is 23.5. The van der Waals surface area contributed by atoms with E-state index < -0.39 is 0 Å². The molecule has 0 atom stereocenters. The van der Waals surface area contributed by atoms with E-state index in [4.69, 9.17) is 9.47 Å².